The van der Waals surface area contributed by atoms with Gasteiger partial charge >= 0.3 is 0 Å². The highest BCUT2D eigenvalue weighted by atomic mass is 35.5. The first-order valence-electron chi connectivity index (χ1n) is 7.21. The minimum atomic E-state index is 0. The van der Waals surface area contributed by atoms with Gasteiger partial charge in [0.1, 0.15) is 0 Å². The number of rotatable bonds is 8. The van der Waals surface area contributed by atoms with E-state index in [0.717, 1.165) is 25.9 Å². The molecule has 4 heteroatoms. The van der Waals surface area contributed by atoms with E-state index in [-0.39, 0.29) is 12.4 Å². The Kier molecular flexibility index (Phi) is 8.48. The number of pyridine rings is 1. The van der Waals surface area contributed by atoms with Crippen molar-refractivity contribution in [2.75, 3.05) is 13.2 Å². The number of hydrogen-bond donors (Lipinski definition) is 1. The van der Waals surface area contributed by atoms with E-state index in [9.17, 15) is 0 Å². The van der Waals surface area contributed by atoms with Crippen LogP contribution in [0.4, 0.5) is 0 Å². The summed E-state index contributed by atoms with van der Waals surface area (Å²) in [6.07, 6.45) is 3.82. The van der Waals surface area contributed by atoms with Gasteiger partial charge in [-0.1, -0.05) is 37.3 Å². The molecule has 1 aromatic heterocycles. The topological polar surface area (TPSA) is 34.1 Å². The highest BCUT2D eigenvalue weighted by Gasteiger charge is 1.95. The molecule has 0 bridgehead atoms. The summed E-state index contributed by atoms with van der Waals surface area (Å²) in [6.45, 7) is 4.73. The molecule has 3 nitrogen and oxygen atoms in total. The first-order chi connectivity index (χ1) is 9.88. The van der Waals surface area contributed by atoms with E-state index < -0.39 is 0 Å². The number of hydrogen-bond acceptors (Lipinski definition) is 3. The summed E-state index contributed by atoms with van der Waals surface area (Å²) in [4.78, 5) is 4.12. The molecule has 1 N–H and O–H groups in total. The van der Waals surface area contributed by atoms with Gasteiger partial charge in [-0.3, -0.25) is 0 Å². The van der Waals surface area contributed by atoms with E-state index in [2.05, 4.69) is 41.5 Å². The van der Waals surface area contributed by atoms with Crippen LogP contribution in [0.2, 0.25) is 0 Å². The zero-order valence-electron chi connectivity index (χ0n) is 12.4. The Morgan fingerprint density at radius 3 is 2.48 bits per heavy atom. The van der Waals surface area contributed by atoms with Crippen molar-refractivity contribution in [3.05, 3.63) is 59.8 Å². The van der Waals surface area contributed by atoms with Gasteiger partial charge < -0.3 is 10.1 Å². The summed E-state index contributed by atoms with van der Waals surface area (Å²) in [7, 11) is 0. The lowest BCUT2D eigenvalue weighted by atomic mass is 10.1. The summed E-state index contributed by atoms with van der Waals surface area (Å²) in [5, 5.41) is 3.43. The summed E-state index contributed by atoms with van der Waals surface area (Å²) in [6, 6.07) is 14.5. The van der Waals surface area contributed by atoms with Gasteiger partial charge in [0.2, 0.25) is 5.88 Å². The van der Waals surface area contributed by atoms with E-state index in [1.165, 1.54) is 11.1 Å². The molecule has 0 spiro atoms. The standard InChI is InChI=1S/C17H22N2O.ClH/c1-2-15-7-9-16(10-8-15)14-18-11-5-13-20-17-6-3-4-12-19-17;/h3-4,6-10,12,18H,2,5,11,13-14H2,1H3;1H. The smallest absolute Gasteiger partial charge is 0.213 e. The fraction of sp³-hybridized carbons (Fsp3) is 0.353. The van der Waals surface area contributed by atoms with Crippen LogP contribution in [0.1, 0.15) is 24.5 Å². The predicted molar refractivity (Wildman–Crippen MR) is 89.1 cm³/mol. The fourth-order valence-corrected chi connectivity index (χ4v) is 1.93. The lowest BCUT2D eigenvalue weighted by Crippen LogP contribution is -2.17. The average Bonchev–Trinajstić information content (AvgIpc) is 2.52. The average molecular weight is 307 g/mol. The molecule has 0 amide bonds. The SMILES string of the molecule is CCc1ccc(CNCCCOc2ccccn2)cc1.Cl. The largest absolute Gasteiger partial charge is 0.478 e. The van der Waals surface area contributed by atoms with Crippen molar-refractivity contribution in [1.82, 2.24) is 10.3 Å². The van der Waals surface area contributed by atoms with Gasteiger partial charge in [0.05, 0.1) is 6.61 Å². The van der Waals surface area contributed by atoms with Crippen LogP contribution >= 0.6 is 12.4 Å². The molecule has 1 heterocycles. The number of aryl methyl sites for hydroxylation is 1. The van der Waals surface area contributed by atoms with Gasteiger partial charge in [-0.25, -0.2) is 4.98 Å². The Bertz CT molecular complexity index is 488. The minimum Gasteiger partial charge on any atom is -0.478 e. The summed E-state index contributed by atoms with van der Waals surface area (Å²) < 4.78 is 5.54. The molecular weight excluding hydrogens is 284 g/mol. The van der Waals surface area contributed by atoms with Gasteiger partial charge in [-0.15, -0.1) is 12.4 Å². The zero-order valence-corrected chi connectivity index (χ0v) is 13.2. The van der Waals surface area contributed by atoms with Gasteiger partial charge in [0, 0.05) is 18.8 Å². The molecule has 0 aliphatic rings. The Hall–Kier alpha value is -1.58. The molecule has 0 fully saturated rings. The molecule has 0 saturated heterocycles. The van der Waals surface area contributed by atoms with Crippen LogP contribution in [0.5, 0.6) is 5.88 Å². The number of aromatic nitrogens is 1. The van der Waals surface area contributed by atoms with E-state index in [4.69, 9.17) is 4.74 Å². The third-order valence-electron chi connectivity index (χ3n) is 3.15. The van der Waals surface area contributed by atoms with Gasteiger partial charge in [-0.05, 0) is 36.6 Å². The summed E-state index contributed by atoms with van der Waals surface area (Å²) in [5.41, 5.74) is 2.71. The normalized spacial score (nSPS) is 9.95. The van der Waals surface area contributed by atoms with Crippen molar-refractivity contribution >= 4 is 12.4 Å². The quantitative estimate of drug-likeness (QED) is 0.756. The van der Waals surface area contributed by atoms with Crippen molar-refractivity contribution in [1.29, 1.82) is 0 Å². The third kappa shape index (κ3) is 6.61. The van der Waals surface area contributed by atoms with Crippen molar-refractivity contribution < 1.29 is 4.74 Å². The molecule has 0 unspecified atom stereocenters. The molecule has 0 aliphatic carbocycles. The van der Waals surface area contributed by atoms with E-state index in [1.807, 2.05) is 18.2 Å². The first-order valence-corrected chi connectivity index (χ1v) is 7.21. The number of nitrogens with one attached hydrogen (secondary N) is 1. The molecule has 114 valence electrons. The van der Waals surface area contributed by atoms with E-state index in [1.54, 1.807) is 6.20 Å². The molecule has 2 aromatic rings. The molecule has 0 radical (unpaired) electrons. The number of ether oxygens (including phenoxy) is 1. The van der Waals surface area contributed by atoms with Crippen LogP contribution in [0.25, 0.3) is 0 Å². The number of nitrogens with zero attached hydrogens (tertiary/aromatic N) is 1. The first kappa shape index (κ1) is 17.5. The maximum Gasteiger partial charge on any atom is 0.213 e. The number of benzene rings is 1. The van der Waals surface area contributed by atoms with Crippen LogP contribution in [0, 0.1) is 0 Å². The third-order valence-corrected chi connectivity index (χ3v) is 3.15. The predicted octanol–water partition coefficient (Wildman–Crippen LogP) is 3.62. The molecule has 0 saturated carbocycles. The number of halogens is 1. The second kappa shape index (κ2) is 10.2. The van der Waals surface area contributed by atoms with Crippen LogP contribution in [0.3, 0.4) is 0 Å². The molecule has 1 aromatic carbocycles. The molecule has 21 heavy (non-hydrogen) atoms. The monoisotopic (exact) mass is 306 g/mol. The highest BCUT2D eigenvalue weighted by molar-refractivity contribution is 5.85. The van der Waals surface area contributed by atoms with Crippen molar-refractivity contribution in [3.63, 3.8) is 0 Å². The Morgan fingerprint density at radius 2 is 1.81 bits per heavy atom. The highest BCUT2D eigenvalue weighted by Crippen LogP contribution is 2.05. The maximum absolute atomic E-state index is 5.54. The minimum absolute atomic E-state index is 0. The lowest BCUT2D eigenvalue weighted by molar-refractivity contribution is 0.296. The lowest BCUT2D eigenvalue weighted by Gasteiger charge is -2.07. The molecule has 2 rings (SSSR count). The van der Waals surface area contributed by atoms with Crippen molar-refractivity contribution in [3.8, 4) is 5.88 Å². The van der Waals surface area contributed by atoms with Crippen LogP contribution in [-0.2, 0) is 13.0 Å². The fourth-order valence-electron chi connectivity index (χ4n) is 1.93. The van der Waals surface area contributed by atoms with Gasteiger partial charge in [-0.2, -0.15) is 0 Å². The van der Waals surface area contributed by atoms with Crippen molar-refractivity contribution in [2.45, 2.75) is 26.3 Å². The maximum atomic E-state index is 5.54. The van der Waals surface area contributed by atoms with Crippen molar-refractivity contribution in [2.24, 2.45) is 0 Å². The Morgan fingerprint density at radius 1 is 1.05 bits per heavy atom. The molecule has 0 aliphatic heterocycles. The second-order valence-corrected chi connectivity index (χ2v) is 4.72. The Balaban J connectivity index is 0.00000220. The van der Waals surface area contributed by atoms with Crippen LogP contribution in [0.15, 0.2) is 48.7 Å². The summed E-state index contributed by atoms with van der Waals surface area (Å²) >= 11 is 0. The Labute approximate surface area is 133 Å². The van der Waals surface area contributed by atoms with E-state index >= 15 is 0 Å². The second-order valence-electron chi connectivity index (χ2n) is 4.72. The molecular formula is C17H23ClN2O. The summed E-state index contributed by atoms with van der Waals surface area (Å²) in [5.74, 6) is 0.697. The van der Waals surface area contributed by atoms with E-state index in [0.29, 0.717) is 12.5 Å². The van der Waals surface area contributed by atoms with Gasteiger partial charge in [0.25, 0.3) is 0 Å². The van der Waals surface area contributed by atoms with Crippen LogP contribution in [-0.4, -0.2) is 18.1 Å². The van der Waals surface area contributed by atoms with Gasteiger partial charge in [0.15, 0.2) is 0 Å². The van der Waals surface area contributed by atoms with Crippen LogP contribution < -0.4 is 10.1 Å². The zero-order chi connectivity index (χ0) is 14.0. The molecule has 0 atom stereocenters.